The molecule has 0 saturated heterocycles. The van der Waals surface area contributed by atoms with Gasteiger partial charge in [0.05, 0.1) is 0 Å². The van der Waals surface area contributed by atoms with Crippen molar-refractivity contribution in [3.05, 3.63) is 102 Å². The van der Waals surface area contributed by atoms with Gasteiger partial charge in [0.25, 0.3) is 0 Å². The molecule has 4 rings (SSSR count). The van der Waals surface area contributed by atoms with Crippen molar-refractivity contribution in [2.45, 2.75) is 39.8 Å². The Morgan fingerprint density at radius 3 is 1.50 bits per heavy atom. The molecule has 0 amide bonds. The maximum atomic E-state index is 2.57. The van der Waals surface area contributed by atoms with Crippen LogP contribution in [0, 0.1) is 13.8 Å². The summed E-state index contributed by atoms with van der Waals surface area (Å²) in [6.07, 6.45) is 12.0. The third kappa shape index (κ3) is 5.27. The molecule has 2 aromatic carbocycles. The smallest absolute Gasteiger partial charge is 1.00 e. The van der Waals surface area contributed by atoms with Crippen molar-refractivity contribution in [1.29, 1.82) is 0 Å². The minimum atomic E-state index is -2.09. The van der Waals surface area contributed by atoms with E-state index in [2.05, 4.69) is 99.8 Å². The molecular formula is C26H28Cl2HfSi. The van der Waals surface area contributed by atoms with Crippen LogP contribution in [-0.2, 0) is 20.1 Å². The summed E-state index contributed by atoms with van der Waals surface area (Å²) in [4.78, 5) is 0. The first kappa shape index (κ1) is 25.3. The number of hydrogen-bond acceptors (Lipinski definition) is 0. The van der Waals surface area contributed by atoms with Crippen molar-refractivity contribution in [1.82, 2.24) is 0 Å². The Labute approximate surface area is 201 Å². The molecular weight excluding hydrogens is 590 g/mol. The molecule has 0 heterocycles. The second-order valence-electron chi connectivity index (χ2n) is 8.11. The summed E-state index contributed by atoms with van der Waals surface area (Å²) in [6.45, 7) is 9.56. The molecule has 2 aromatic rings. The Morgan fingerprint density at radius 2 is 1.13 bits per heavy atom. The predicted octanol–water partition coefficient (Wildman–Crippen LogP) is 1.22. The number of benzene rings is 2. The molecule has 0 saturated carbocycles. The molecule has 0 aromatic heterocycles. The largest absolute Gasteiger partial charge is 1.00 e. The second kappa shape index (κ2) is 11.1. The second-order valence-corrected chi connectivity index (χ2v) is 32.0. The molecule has 2 aliphatic rings. The maximum Gasteiger partial charge on any atom is -1.00 e. The van der Waals surface area contributed by atoms with Gasteiger partial charge in [-0.05, 0) is 0 Å². The Bertz CT molecular complexity index is 1020. The average molecular weight is 618 g/mol. The molecule has 0 aliphatic heterocycles. The minimum Gasteiger partial charge on any atom is -1.00 e. The molecule has 30 heavy (non-hydrogen) atoms. The monoisotopic (exact) mass is 618 g/mol. The third-order valence-electron chi connectivity index (χ3n) is 5.62. The fraction of sp³-hybridized carbons (Fsp3) is 0.231. The van der Waals surface area contributed by atoms with E-state index in [1.54, 1.807) is 11.1 Å². The quantitative estimate of drug-likeness (QED) is 0.453. The Kier molecular flexibility index (Phi) is 9.36. The van der Waals surface area contributed by atoms with E-state index in [0.717, 1.165) is 0 Å². The first-order chi connectivity index (χ1) is 13.5. The molecule has 0 radical (unpaired) electrons. The first-order valence-corrected chi connectivity index (χ1v) is 21.6. The molecule has 0 spiro atoms. The van der Waals surface area contributed by atoms with E-state index in [-0.39, 0.29) is 30.3 Å². The third-order valence-corrected chi connectivity index (χ3v) is 30.1. The van der Waals surface area contributed by atoms with Gasteiger partial charge in [0.15, 0.2) is 0 Å². The van der Waals surface area contributed by atoms with Gasteiger partial charge in [-0.3, -0.25) is 0 Å². The van der Waals surface area contributed by atoms with Gasteiger partial charge in [0, 0.05) is 0 Å². The fourth-order valence-corrected chi connectivity index (χ4v) is 29.7. The van der Waals surface area contributed by atoms with Gasteiger partial charge in [-0.2, -0.15) is 0 Å². The van der Waals surface area contributed by atoms with Crippen LogP contribution in [0.5, 0.6) is 0 Å². The molecule has 4 heteroatoms. The van der Waals surface area contributed by atoms with Crippen LogP contribution in [0.15, 0.2) is 79.5 Å². The average Bonchev–Trinajstić information content (AvgIpc) is 3.32. The molecule has 0 atom stereocenters. The molecule has 0 fully saturated rings. The van der Waals surface area contributed by atoms with E-state index in [4.69, 9.17) is 0 Å². The summed E-state index contributed by atoms with van der Waals surface area (Å²) in [6, 6.07) is 18.2. The van der Waals surface area contributed by atoms with Gasteiger partial charge >= 0.3 is 178 Å². The van der Waals surface area contributed by atoms with E-state index in [1.807, 2.05) is 6.66 Å². The molecule has 154 valence electrons. The van der Waals surface area contributed by atoms with E-state index >= 15 is 0 Å². The minimum absolute atomic E-state index is 0. The molecule has 0 N–H and O–H groups in total. The SMILES string of the molecule is Cc1cccc(C2=[C]([Hf+2]([C]3=C(c4cccc(C)c4)C=CC3)=[Si](C)C)CC=C2)c1.[Cl-].[Cl-]. The van der Waals surface area contributed by atoms with Crippen molar-refractivity contribution in [3.8, 4) is 0 Å². The van der Waals surface area contributed by atoms with Crippen molar-refractivity contribution in [2.24, 2.45) is 0 Å². The van der Waals surface area contributed by atoms with Crippen LogP contribution < -0.4 is 24.8 Å². The van der Waals surface area contributed by atoms with Gasteiger partial charge in [-0.15, -0.1) is 0 Å². The van der Waals surface area contributed by atoms with Gasteiger partial charge in [-0.25, -0.2) is 0 Å². The summed E-state index contributed by atoms with van der Waals surface area (Å²) in [5.74, 6) is 0. The van der Waals surface area contributed by atoms with E-state index < -0.39 is 20.1 Å². The molecule has 2 aliphatic carbocycles. The normalized spacial score (nSPS) is 14.4. The summed E-state index contributed by atoms with van der Waals surface area (Å²) in [5, 5.41) is 0. The summed E-state index contributed by atoms with van der Waals surface area (Å²) < 4.78 is 3.69. The Balaban J connectivity index is 0.00000160. The van der Waals surface area contributed by atoms with E-state index in [1.165, 1.54) is 35.1 Å². The van der Waals surface area contributed by atoms with Crippen LogP contribution in [0.1, 0.15) is 35.1 Å². The fourth-order valence-electron chi connectivity index (χ4n) is 4.44. The molecule has 0 bridgehead atoms. The van der Waals surface area contributed by atoms with Crippen LogP contribution in [0.3, 0.4) is 0 Å². The van der Waals surface area contributed by atoms with Crippen LogP contribution in [0.25, 0.3) is 11.1 Å². The standard InChI is InChI=1S/2C12H11.C2H6Si.2ClH.Hf/c2*1-10-5-4-8-12(9-10)11-6-2-3-7-11;1-3-2;;;/h2*2,4-6,8-9H,3H2,1H3;1-2H3;2*1H;/q;;;;;+2/p-2. The number of rotatable bonds is 4. The zero-order valence-electron chi connectivity index (χ0n) is 18.1. The van der Waals surface area contributed by atoms with Crippen LogP contribution >= 0.6 is 0 Å². The maximum absolute atomic E-state index is 2.57. The van der Waals surface area contributed by atoms with Crippen molar-refractivity contribution < 1.29 is 44.9 Å². The summed E-state index contributed by atoms with van der Waals surface area (Å²) >= 11 is -2.09. The van der Waals surface area contributed by atoms with Crippen LogP contribution in [0.4, 0.5) is 0 Å². The van der Waals surface area contributed by atoms with Crippen LogP contribution in [-0.4, -0.2) is 5.49 Å². The van der Waals surface area contributed by atoms with Gasteiger partial charge in [0.2, 0.25) is 0 Å². The van der Waals surface area contributed by atoms with Gasteiger partial charge < -0.3 is 24.8 Å². The topological polar surface area (TPSA) is 0 Å². The van der Waals surface area contributed by atoms with E-state index in [9.17, 15) is 0 Å². The summed E-state index contributed by atoms with van der Waals surface area (Å²) in [7, 11) is 0. The van der Waals surface area contributed by atoms with Crippen LogP contribution in [0.2, 0.25) is 13.1 Å². The van der Waals surface area contributed by atoms with Crippen molar-refractivity contribution in [3.63, 3.8) is 0 Å². The number of aryl methyl sites for hydroxylation is 2. The van der Waals surface area contributed by atoms with E-state index in [0.29, 0.717) is 0 Å². The summed E-state index contributed by atoms with van der Waals surface area (Å²) in [5.41, 5.74) is 8.37. The number of halogens is 2. The number of hydrogen-bond donors (Lipinski definition) is 0. The first-order valence-electron chi connectivity index (χ1n) is 10.2. The van der Waals surface area contributed by atoms with Crippen molar-refractivity contribution in [2.75, 3.05) is 0 Å². The zero-order valence-corrected chi connectivity index (χ0v) is 24.2. The van der Waals surface area contributed by atoms with Gasteiger partial charge in [0.1, 0.15) is 0 Å². The predicted molar refractivity (Wildman–Crippen MR) is 121 cm³/mol. The zero-order chi connectivity index (χ0) is 19.7. The number of allylic oxidation sites excluding steroid dienone is 8. The molecule has 0 unspecified atom stereocenters. The van der Waals surface area contributed by atoms with Gasteiger partial charge in [-0.1, -0.05) is 0 Å². The Hall–Kier alpha value is -0.933. The molecule has 0 nitrogen and oxygen atoms in total. The Morgan fingerprint density at radius 1 is 0.700 bits per heavy atom. The van der Waals surface area contributed by atoms with Crippen molar-refractivity contribution >= 4 is 16.6 Å².